The molecule has 0 fully saturated rings. The van der Waals surface area contributed by atoms with Gasteiger partial charge in [-0.25, -0.2) is 9.00 Å². The van der Waals surface area contributed by atoms with Gasteiger partial charge < -0.3 is 13.8 Å². The highest BCUT2D eigenvalue weighted by molar-refractivity contribution is 7.74. The van der Waals surface area contributed by atoms with Gasteiger partial charge in [0.05, 0.1) is 23.5 Å². The van der Waals surface area contributed by atoms with Crippen molar-refractivity contribution in [2.45, 2.75) is 6.42 Å². The summed E-state index contributed by atoms with van der Waals surface area (Å²) in [5, 5.41) is 8.69. The minimum Gasteiger partial charge on any atom is -0.750 e. The molecule has 15 heavy (non-hydrogen) atoms. The summed E-state index contributed by atoms with van der Waals surface area (Å²) in [4.78, 5) is 10.6. The van der Waals surface area contributed by atoms with Gasteiger partial charge >= 0.3 is 5.97 Å². The molecule has 1 aromatic carbocycles. The third kappa shape index (κ3) is 4.20. The van der Waals surface area contributed by atoms with E-state index >= 15 is 0 Å². The van der Waals surface area contributed by atoms with E-state index in [1.165, 1.54) is 12.1 Å². The van der Waals surface area contributed by atoms with Crippen molar-refractivity contribution in [1.29, 1.82) is 0 Å². The zero-order valence-corrected chi connectivity index (χ0v) is 8.53. The van der Waals surface area contributed by atoms with Crippen molar-refractivity contribution in [1.82, 2.24) is 0 Å². The number of aromatic carboxylic acids is 1. The summed E-state index contributed by atoms with van der Waals surface area (Å²) in [6, 6.07) is 6.27. The molecule has 0 aliphatic rings. The largest absolute Gasteiger partial charge is 0.750 e. The lowest BCUT2D eigenvalue weighted by Gasteiger charge is -2.05. The smallest absolute Gasteiger partial charge is 0.335 e. The highest BCUT2D eigenvalue weighted by Gasteiger charge is 2.02. The van der Waals surface area contributed by atoms with Crippen LogP contribution in [0.25, 0.3) is 0 Å². The normalized spacial score (nSPS) is 12.3. The lowest BCUT2D eigenvalue weighted by Crippen LogP contribution is -2.02. The quantitative estimate of drug-likeness (QED) is 0.752. The molecule has 1 unspecified atom stereocenters. The average molecular weight is 229 g/mol. The molecule has 0 aromatic heterocycles. The maximum atomic E-state index is 10.6. The predicted molar refractivity (Wildman–Crippen MR) is 52.0 cm³/mol. The zero-order valence-electron chi connectivity index (χ0n) is 7.71. The first-order valence-corrected chi connectivity index (χ1v) is 5.14. The molecule has 0 spiro atoms. The first kappa shape index (κ1) is 11.8. The van der Waals surface area contributed by atoms with E-state index in [1.54, 1.807) is 12.1 Å². The van der Waals surface area contributed by atoms with Crippen molar-refractivity contribution >= 4 is 17.3 Å². The molecule has 82 valence electrons. The van der Waals surface area contributed by atoms with E-state index in [4.69, 9.17) is 5.11 Å². The highest BCUT2D eigenvalue weighted by atomic mass is 32.2. The van der Waals surface area contributed by atoms with Crippen LogP contribution in [-0.2, 0) is 22.0 Å². The third-order valence-electron chi connectivity index (χ3n) is 1.74. The van der Waals surface area contributed by atoms with Gasteiger partial charge in [0, 0.05) is 0 Å². The number of hydrogen-bond donors (Lipinski definition) is 1. The number of rotatable bonds is 5. The van der Waals surface area contributed by atoms with E-state index in [0.717, 1.165) is 5.56 Å². The van der Waals surface area contributed by atoms with Gasteiger partial charge in [-0.1, -0.05) is 12.1 Å². The fourth-order valence-corrected chi connectivity index (χ4v) is 1.31. The van der Waals surface area contributed by atoms with Crippen LogP contribution in [0.3, 0.4) is 0 Å². The van der Waals surface area contributed by atoms with Crippen molar-refractivity contribution in [2.75, 3.05) is 6.61 Å². The molecule has 1 N–H and O–H groups in total. The summed E-state index contributed by atoms with van der Waals surface area (Å²) in [7, 11) is 0. The number of carboxylic acids is 1. The van der Waals surface area contributed by atoms with Crippen LogP contribution in [0.1, 0.15) is 15.9 Å². The van der Waals surface area contributed by atoms with Crippen molar-refractivity contribution in [3.05, 3.63) is 35.4 Å². The van der Waals surface area contributed by atoms with Crippen molar-refractivity contribution in [3.8, 4) is 0 Å². The molecule has 1 aromatic rings. The van der Waals surface area contributed by atoms with Gasteiger partial charge in [-0.05, 0) is 24.1 Å². The molecule has 5 nitrogen and oxygen atoms in total. The first-order valence-electron chi connectivity index (χ1n) is 4.14. The maximum Gasteiger partial charge on any atom is 0.335 e. The van der Waals surface area contributed by atoms with Crippen LogP contribution in [0.4, 0.5) is 0 Å². The Balaban J connectivity index is 2.58. The molecule has 6 heteroatoms. The molecule has 1 rings (SSSR count). The standard InChI is InChI=1S/C9H10O5S/c10-9(11)8-3-1-2-7(6-8)4-5-14-15(12)13/h1-3,6H,4-5H2,(H,10,11)(H,12,13)/p-1. The second kappa shape index (κ2) is 5.59. The van der Waals surface area contributed by atoms with E-state index in [2.05, 4.69) is 4.18 Å². The molecule has 0 amide bonds. The van der Waals surface area contributed by atoms with Gasteiger partial charge in [-0.2, -0.15) is 0 Å². The van der Waals surface area contributed by atoms with Crippen LogP contribution in [0.5, 0.6) is 0 Å². The van der Waals surface area contributed by atoms with Crippen LogP contribution >= 0.6 is 0 Å². The van der Waals surface area contributed by atoms with Crippen molar-refractivity contribution < 1.29 is 22.8 Å². The lowest BCUT2D eigenvalue weighted by atomic mass is 10.1. The van der Waals surface area contributed by atoms with E-state index < -0.39 is 17.3 Å². The Morgan fingerprint density at radius 2 is 2.27 bits per heavy atom. The highest BCUT2D eigenvalue weighted by Crippen LogP contribution is 2.06. The van der Waals surface area contributed by atoms with Gasteiger partial charge in [0.1, 0.15) is 0 Å². The molecule has 0 aliphatic heterocycles. The zero-order chi connectivity index (χ0) is 11.3. The van der Waals surface area contributed by atoms with E-state index in [9.17, 15) is 13.6 Å². The van der Waals surface area contributed by atoms with E-state index in [-0.39, 0.29) is 12.2 Å². The van der Waals surface area contributed by atoms with E-state index in [1.807, 2.05) is 0 Å². The molecule has 0 heterocycles. The Labute approximate surface area is 89.2 Å². The Morgan fingerprint density at radius 3 is 2.87 bits per heavy atom. The third-order valence-corrected chi connectivity index (χ3v) is 2.10. The second-order valence-electron chi connectivity index (χ2n) is 2.78. The summed E-state index contributed by atoms with van der Waals surface area (Å²) < 4.78 is 24.4. The molecule has 0 saturated carbocycles. The fraction of sp³-hybridized carbons (Fsp3) is 0.222. The first-order chi connectivity index (χ1) is 7.09. The number of hydrogen-bond acceptors (Lipinski definition) is 4. The summed E-state index contributed by atoms with van der Waals surface area (Å²) >= 11 is -2.52. The average Bonchev–Trinajstić information content (AvgIpc) is 2.17. The van der Waals surface area contributed by atoms with Crippen LogP contribution in [-0.4, -0.2) is 26.4 Å². The topological polar surface area (TPSA) is 86.7 Å². The fourth-order valence-electron chi connectivity index (χ4n) is 1.09. The molecule has 1 atom stereocenters. The summed E-state index contributed by atoms with van der Waals surface area (Å²) in [5.74, 6) is -1.01. The monoisotopic (exact) mass is 229 g/mol. The molecule has 0 bridgehead atoms. The van der Waals surface area contributed by atoms with Crippen LogP contribution in [0.2, 0.25) is 0 Å². The molecule has 0 radical (unpaired) electrons. The summed E-state index contributed by atoms with van der Waals surface area (Å²) in [6.45, 7) is 0.0131. The Bertz CT molecular complexity index is 377. The lowest BCUT2D eigenvalue weighted by molar-refractivity contribution is 0.0696. The maximum absolute atomic E-state index is 10.6. The number of carboxylic acid groups (broad SMARTS) is 1. The summed E-state index contributed by atoms with van der Waals surface area (Å²) in [6.07, 6.45) is 0.356. The Morgan fingerprint density at radius 1 is 1.53 bits per heavy atom. The van der Waals surface area contributed by atoms with Gasteiger partial charge in [-0.15, -0.1) is 0 Å². The Hall–Kier alpha value is -1.24. The Kier molecular flexibility index (Phi) is 4.41. The van der Waals surface area contributed by atoms with Crippen LogP contribution < -0.4 is 0 Å². The van der Waals surface area contributed by atoms with Crippen LogP contribution in [0.15, 0.2) is 24.3 Å². The van der Waals surface area contributed by atoms with Crippen molar-refractivity contribution in [2.24, 2.45) is 0 Å². The molecule has 0 aliphatic carbocycles. The SMILES string of the molecule is O=C(O)c1cccc(CCOS(=O)[O-])c1. The van der Waals surface area contributed by atoms with Gasteiger partial charge in [0.2, 0.25) is 0 Å². The summed E-state index contributed by atoms with van der Waals surface area (Å²) in [5.41, 5.74) is 0.899. The number of benzene rings is 1. The minimum absolute atomic E-state index is 0.0131. The number of carbonyl (C=O) groups is 1. The molecular formula is C9H9O5S-. The second-order valence-corrected chi connectivity index (χ2v) is 3.43. The van der Waals surface area contributed by atoms with Gasteiger partial charge in [-0.3, -0.25) is 0 Å². The molecule has 0 saturated heterocycles. The predicted octanol–water partition coefficient (Wildman–Crippen LogP) is 0.738. The van der Waals surface area contributed by atoms with Crippen LogP contribution in [0, 0.1) is 0 Å². The minimum atomic E-state index is -2.52. The van der Waals surface area contributed by atoms with Crippen molar-refractivity contribution in [3.63, 3.8) is 0 Å². The van der Waals surface area contributed by atoms with Gasteiger partial charge in [0.25, 0.3) is 0 Å². The van der Waals surface area contributed by atoms with Gasteiger partial charge in [0.15, 0.2) is 0 Å². The van der Waals surface area contributed by atoms with E-state index in [0.29, 0.717) is 6.42 Å². The molecular weight excluding hydrogens is 220 g/mol.